The van der Waals surface area contributed by atoms with Crippen molar-refractivity contribution in [1.82, 2.24) is 0 Å². The van der Waals surface area contributed by atoms with E-state index in [1.54, 1.807) is 4.90 Å². The lowest BCUT2D eigenvalue weighted by Gasteiger charge is -2.11. The molecule has 2 nitrogen and oxygen atoms in total. The van der Waals surface area contributed by atoms with Crippen LogP contribution in [-0.4, -0.2) is 13.0 Å². The first kappa shape index (κ1) is 12.2. The fourth-order valence-corrected chi connectivity index (χ4v) is 2.88. The molecule has 1 amide bonds. The summed E-state index contributed by atoms with van der Waals surface area (Å²) in [6, 6.07) is 15.7. The third kappa shape index (κ3) is 2.13. The number of likely N-dealkylation sites (N-methyl/N-ethyl adjacent to an activating group) is 1. The van der Waals surface area contributed by atoms with Gasteiger partial charge < -0.3 is 4.90 Å². The summed E-state index contributed by atoms with van der Waals surface area (Å²) in [7, 11) is 1.83. The minimum absolute atomic E-state index is 0.0975. The third-order valence-corrected chi connectivity index (χ3v) is 3.87. The molecule has 1 aliphatic heterocycles. The van der Waals surface area contributed by atoms with E-state index in [4.69, 9.17) is 11.6 Å². The van der Waals surface area contributed by atoms with E-state index in [0.29, 0.717) is 11.4 Å². The Balaban J connectivity index is 1.95. The van der Waals surface area contributed by atoms with Gasteiger partial charge in [0.1, 0.15) is 0 Å². The number of rotatable bonds is 2. The molecule has 0 N–H and O–H groups in total. The number of amides is 1. The molecule has 1 aliphatic rings. The van der Waals surface area contributed by atoms with Crippen LogP contribution in [0.25, 0.3) is 0 Å². The first-order chi connectivity index (χ1) is 9.16. The molecule has 3 heteroatoms. The van der Waals surface area contributed by atoms with E-state index in [1.807, 2.05) is 55.6 Å². The molecule has 0 saturated carbocycles. The SMILES string of the molecule is CN1C(=O)C(Cc2cccc(Cl)c2)c2ccccc21. The molecule has 0 aromatic heterocycles. The van der Waals surface area contributed by atoms with Gasteiger partial charge in [0.05, 0.1) is 5.92 Å². The maximum atomic E-state index is 12.3. The van der Waals surface area contributed by atoms with E-state index in [-0.39, 0.29) is 11.8 Å². The Morgan fingerprint density at radius 3 is 2.74 bits per heavy atom. The Morgan fingerprint density at radius 2 is 1.95 bits per heavy atom. The Kier molecular flexibility index (Phi) is 3.03. The summed E-state index contributed by atoms with van der Waals surface area (Å²) in [5.41, 5.74) is 3.21. The highest BCUT2D eigenvalue weighted by Crippen LogP contribution is 2.38. The van der Waals surface area contributed by atoms with E-state index in [1.165, 1.54) is 0 Å². The first-order valence-corrected chi connectivity index (χ1v) is 6.65. The molecule has 1 atom stereocenters. The monoisotopic (exact) mass is 271 g/mol. The summed E-state index contributed by atoms with van der Waals surface area (Å²) >= 11 is 6.00. The molecular weight excluding hydrogens is 258 g/mol. The predicted octanol–water partition coefficient (Wildman–Crippen LogP) is 3.64. The molecule has 2 aromatic carbocycles. The van der Waals surface area contributed by atoms with Crippen LogP contribution in [0.1, 0.15) is 17.0 Å². The molecule has 0 fully saturated rings. The number of hydrogen-bond donors (Lipinski definition) is 0. The van der Waals surface area contributed by atoms with Crippen LogP contribution in [0.3, 0.4) is 0 Å². The molecule has 1 heterocycles. The number of hydrogen-bond acceptors (Lipinski definition) is 1. The van der Waals surface area contributed by atoms with Crippen LogP contribution in [0, 0.1) is 0 Å². The van der Waals surface area contributed by atoms with Gasteiger partial charge in [-0.15, -0.1) is 0 Å². The van der Waals surface area contributed by atoms with Crippen molar-refractivity contribution < 1.29 is 4.79 Å². The van der Waals surface area contributed by atoms with Crippen molar-refractivity contribution in [3.05, 3.63) is 64.7 Å². The van der Waals surface area contributed by atoms with Crippen LogP contribution in [-0.2, 0) is 11.2 Å². The molecule has 0 bridgehead atoms. The van der Waals surface area contributed by atoms with Crippen LogP contribution >= 0.6 is 11.6 Å². The number of anilines is 1. The van der Waals surface area contributed by atoms with E-state index in [9.17, 15) is 4.79 Å². The topological polar surface area (TPSA) is 20.3 Å². The smallest absolute Gasteiger partial charge is 0.234 e. The van der Waals surface area contributed by atoms with Crippen molar-refractivity contribution in [2.45, 2.75) is 12.3 Å². The molecule has 0 aliphatic carbocycles. The van der Waals surface area contributed by atoms with Gasteiger partial charge in [-0.25, -0.2) is 0 Å². The van der Waals surface area contributed by atoms with E-state index in [2.05, 4.69) is 0 Å². The van der Waals surface area contributed by atoms with Crippen molar-refractivity contribution in [2.75, 3.05) is 11.9 Å². The van der Waals surface area contributed by atoms with Crippen molar-refractivity contribution in [3.8, 4) is 0 Å². The maximum Gasteiger partial charge on any atom is 0.234 e. The number of benzene rings is 2. The molecule has 0 saturated heterocycles. The molecule has 1 unspecified atom stereocenters. The quantitative estimate of drug-likeness (QED) is 0.817. The molecule has 96 valence electrons. The van der Waals surface area contributed by atoms with Gasteiger partial charge in [0.25, 0.3) is 0 Å². The zero-order chi connectivity index (χ0) is 13.4. The van der Waals surface area contributed by atoms with Gasteiger partial charge in [-0.2, -0.15) is 0 Å². The fraction of sp³-hybridized carbons (Fsp3) is 0.188. The van der Waals surface area contributed by atoms with Gasteiger partial charge in [0.15, 0.2) is 0 Å². The van der Waals surface area contributed by atoms with Crippen molar-refractivity contribution in [2.24, 2.45) is 0 Å². The van der Waals surface area contributed by atoms with Crippen LogP contribution < -0.4 is 4.90 Å². The second-order valence-electron chi connectivity index (χ2n) is 4.84. The molecule has 19 heavy (non-hydrogen) atoms. The summed E-state index contributed by atoms with van der Waals surface area (Å²) in [6.07, 6.45) is 0.695. The van der Waals surface area contributed by atoms with Crippen molar-refractivity contribution in [1.29, 1.82) is 0 Å². The van der Waals surface area contributed by atoms with E-state index in [0.717, 1.165) is 16.8 Å². The highest BCUT2D eigenvalue weighted by atomic mass is 35.5. The second-order valence-corrected chi connectivity index (χ2v) is 5.28. The normalized spacial score (nSPS) is 17.7. The highest BCUT2D eigenvalue weighted by molar-refractivity contribution is 6.30. The summed E-state index contributed by atoms with van der Waals surface area (Å²) in [5, 5.41) is 0.713. The number of carbonyl (C=O) groups excluding carboxylic acids is 1. The van der Waals surface area contributed by atoms with Gasteiger partial charge in [-0.1, -0.05) is 41.9 Å². The zero-order valence-corrected chi connectivity index (χ0v) is 11.4. The number of halogens is 1. The number of para-hydroxylation sites is 1. The lowest BCUT2D eigenvalue weighted by molar-refractivity contribution is -0.119. The van der Waals surface area contributed by atoms with Crippen molar-refractivity contribution >= 4 is 23.2 Å². The Bertz CT molecular complexity index is 638. The average Bonchev–Trinajstić information content (AvgIpc) is 2.65. The Morgan fingerprint density at radius 1 is 1.16 bits per heavy atom. The van der Waals surface area contributed by atoms with Crippen LogP contribution in [0.2, 0.25) is 5.02 Å². The average molecular weight is 272 g/mol. The lowest BCUT2D eigenvalue weighted by atomic mass is 9.93. The molecule has 2 aromatic rings. The van der Waals surface area contributed by atoms with Gasteiger partial charge in [-0.3, -0.25) is 4.79 Å². The molecule has 0 radical (unpaired) electrons. The second kappa shape index (κ2) is 4.71. The van der Waals surface area contributed by atoms with Gasteiger partial charge in [0, 0.05) is 17.8 Å². The van der Waals surface area contributed by atoms with Gasteiger partial charge in [0.2, 0.25) is 5.91 Å². The van der Waals surface area contributed by atoms with Gasteiger partial charge >= 0.3 is 0 Å². The summed E-state index contributed by atoms with van der Waals surface area (Å²) in [4.78, 5) is 14.1. The highest BCUT2D eigenvalue weighted by Gasteiger charge is 2.34. The summed E-state index contributed by atoms with van der Waals surface area (Å²) in [6.45, 7) is 0. The summed E-state index contributed by atoms with van der Waals surface area (Å²) in [5.74, 6) is 0.0563. The van der Waals surface area contributed by atoms with Gasteiger partial charge in [-0.05, 0) is 35.7 Å². The molecule has 3 rings (SSSR count). The third-order valence-electron chi connectivity index (χ3n) is 3.63. The molecular formula is C16H14ClNO. The number of fused-ring (bicyclic) bond motifs is 1. The van der Waals surface area contributed by atoms with Crippen LogP contribution in [0.15, 0.2) is 48.5 Å². The minimum atomic E-state index is -0.0975. The predicted molar refractivity (Wildman–Crippen MR) is 77.7 cm³/mol. The zero-order valence-electron chi connectivity index (χ0n) is 10.6. The van der Waals surface area contributed by atoms with E-state index >= 15 is 0 Å². The van der Waals surface area contributed by atoms with Crippen LogP contribution in [0.5, 0.6) is 0 Å². The lowest BCUT2D eigenvalue weighted by Crippen LogP contribution is -2.24. The minimum Gasteiger partial charge on any atom is -0.315 e. The van der Waals surface area contributed by atoms with Crippen LogP contribution in [0.4, 0.5) is 5.69 Å². The Labute approximate surface area is 117 Å². The number of carbonyl (C=O) groups is 1. The Hall–Kier alpha value is -1.80. The van der Waals surface area contributed by atoms with Crippen molar-refractivity contribution in [3.63, 3.8) is 0 Å². The maximum absolute atomic E-state index is 12.3. The molecule has 0 spiro atoms. The summed E-state index contributed by atoms with van der Waals surface area (Å²) < 4.78 is 0. The first-order valence-electron chi connectivity index (χ1n) is 6.28. The fourth-order valence-electron chi connectivity index (χ4n) is 2.67. The largest absolute Gasteiger partial charge is 0.315 e. The van der Waals surface area contributed by atoms with E-state index < -0.39 is 0 Å². The standard InChI is InChI=1S/C16H14ClNO/c1-18-15-8-3-2-7-13(15)14(16(18)19)10-11-5-4-6-12(17)9-11/h2-9,14H,10H2,1H3. The number of nitrogens with zero attached hydrogens (tertiary/aromatic N) is 1.